The Balaban J connectivity index is 2.89. The van der Waals surface area contributed by atoms with Gasteiger partial charge >= 0.3 is 5.97 Å². The van der Waals surface area contributed by atoms with E-state index < -0.39 is 5.60 Å². The Morgan fingerprint density at radius 3 is 2.08 bits per heavy atom. The Kier molecular flexibility index (Phi) is 8.28. The Morgan fingerprint density at radius 2 is 1.62 bits per heavy atom. The van der Waals surface area contributed by atoms with Gasteiger partial charge in [0.2, 0.25) is 5.91 Å². The van der Waals surface area contributed by atoms with Crippen LogP contribution in [0.1, 0.15) is 45.7 Å². The molecule has 0 aliphatic heterocycles. The van der Waals surface area contributed by atoms with Crippen LogP contribution in [0.15, 0.2) is 24.3 Å². The second-order valence-corrected chi connectivity index (χ2v) is 7.71. The summed E-state index contributed by atoms with van der Waals surface area (Å²) < 4.78 is 5.34. The van der Waals surface area contributed by atoms with Crippen LogP contribution in [0.3, 0.4) is 0 Å². The van der Waals surface area contributed by atoms with E-state index >= 15 is 0 Å². The molecular formula is C21H34N2O3. The molecule has 1 rings (SSSR count). The highest BCUT2D eigenvalue weighted by Crippen LogP contribution is 2.14. The number of nitrogens with zero attached hydrogens (tertiary/aromatic N) is 2. The maximum absolute atomic E-state index is 13.1. The molecule has 0 spiro atoms. The van der Waals surface area contributed by atoms with E-state index in [1.54, 1.807) is 7.05 Å². The first-order chi connectivity index (χ1) is 12.1. The second kappa shape index (κ2) is 9.72. The number of amides is 1. The van der Waals surface area contributed by atoms with E-state index in [0.717, 1.165) is 18.7 Å². The number of carbonyl (C=O) groups excluding carboxylic acids is 2. The van der Waals surface area contributed by atoms with Crippen molar-refractivity contribution in [3.05, 3.63) is 35.4 Å². The molecule has 5 nitrogen and oxygen atoms in total. The fourth-order valence-corrected chi connectivity index (χ4v) is 2.88. The zero-order chi connectivity index (χ0) is 19.9. The minimum atomic E-state index is -0.554. The number of hydrogen-bond donors (Lipinski definition) is 0. The van der Waals surface area contributed by atoms with E-state index in [1.807, 2.05) is 41.5 Å². The lowest BCUT2D eigenvalue weighted by Gasteiger charge is -2.32. The Labute approximate surface area is 158 Å². The summed E-state index contributed by atoms with van der Waals surface area (Å²) in [7, 11) is 1.66. The minimum absolute atomic E-state index is 0.0399. The molecule has 0 heterocycles. The lowest BCUT2D eigenvalue weighted by molar-refractivity contribution is -0.159. The molecule has 0 saturated heterocycles. The predicted molar refractivity (Wildman–Crippen MR) is 105 cm³/mol. The van der Waals surface area contributed by atoms with Gasteiger partial charge in [-0.05, 0) is 52.8 Å². The summed E-state index contributed by atoms with van der Waals surface area (Å²) in [6.45, 7) is 13.1. The van der Waals surface area contributed by atoms with Crippen molar-refractivity contribution in [3.63, 3.8) is 0 Å². The Bertz CT molecular complexity index is 586. The number of likely N-dealkylation sites (N-methyl/N-ethyl adjacent to an activating group) is 2. The van der Waals surface area contributed by atoms with Crippen LogP contribution in [0, 0.1) is 6.92 Å². The van der Waals surface area contributed by atoms with Crippen molar-refractivity contribution in [2.45, 2.75) is 59.6 Å². The number of benzene rings is 1. The van der Waals surface area contributed by atoms with Crippen molar-refractivity contribution in [1.82, 2.24) is 9.80 Å². The van der Waals surface area contributed by atoms with Crippen LogP contribution in [0.4, 0.5) is 0 Å². The third kappa shape index (κ3) is 7.16. The van der Waals surface area contributed by atoms with Crippen LogP contribution < -0.4 is 0 Å². The normalized spacial score (nSPS) is 12.8. The summed E-state index contributed by atoms with van der Waals surface area (Å²) in [5.74, 6) is -0.442. The minimum Gasteiger partial charge on any atom is -0.459 e. The van der Waals surface area contributed by atoms with Gasteiger partial charge < -0.3 is 9.64 Å². The zero-order valence-corrected chi connectivity index (χ0v) is 17.3. The molecule has 5 heteroatoms. The quantitative estimate of drug-likeness (QED) is 0.667. The Morgan fingerprint density at radius 1 is 1.08 bits per heavy atom. The summed E-state index contributed by atoms with van der Waals surface area (Å²) in [6.07, 6.45) is 0.624. The van der Waals surface area contributed by atoms with Crippen molar-refractivity contribution in [1.29, 1.82) is 0 Å². The van der Waals surface area contributed by atoms with Crippen molar-refractivity contribution < 1.29 is 14.3 Å². The van der Waals surface area contributed by atoms with Crippen LogP contribution in [0.25, 0.3) is 0 Å². The monoisotopic (exact) mass is 362 g/mol. The lowest BCUT2D eigenvalue weighted by Crippen LogP contribution is -2.50. The molecule has 0 saturated carbocycles. The van der Waals surface area contributed by atoms with Gasteiger partial charge in [-0.3, -0.25) is 14.5 Å². The topological polar surface area (TPSA) is 49.9 Å². The molecule has 0 aliphatic rings. The highest BCUT2D eigenvalue weighted by Gasteiger charge is 2.29. The van der Waals surface area contributed by atoms with Crippen LogP contribution >= 0.6 is 0 Å². The molecule has 0 aromatic heterocycles. The second-order valence-electron chi connectivity index (χ2n) is 7.71. The van der Waals surface area contributed by atoms with Gasteiger partial charge in [-0.2, -0.15) is 0 Å². The SMILES string of the molecule is CCN(CC)[C@@H](Cc1ccc(C)cc1)C(=O)N(C)CC(=O)OC(C)(C)C. The summed E-state index contributed by atoms with van der Waals surface area (Å²) in [5.41, 5.74) is 1.76. The molecule has 0 fully saturated rings. The average molecular weight is 363 g/mol. The fourth-order valence-electron chi connectivity index (χ4n) is 2.88. The van der Waals surface area contributed by atoms with Crippen LogP contribution in [0.2, 0.25) is 0 Å². The number of carbonyl (C=O) groups is 2. The van der Waals surface area contributed by atoms with Crippen molar-refractivity contribution in [3.8, 4) is 0 Å². The first-order valence-corrected chi connectivity index (χ1v) is 9.33. The third-order valence-corrected chi connectivity index (χ3v) is 4.25. The highest BCUT2D eigenvalue weighted by molar-refractivity contribution is 5.86. The molecule has 0 N–H and O–H groups in total. The molecule has 0 bridgehead atoms. The fraction of sp³-hybridized carbons (Fsp3) is 0.619. The van der Waals surface area contributed by atoms with E-state index in [9.17, 15) is 9.59 Å². The number of hydrogen-bond acceptors (Lipinski definition) is 4. The summed E-state index contributed by atoms with van der Waals surface area (Å²) in [4.78, 5) is 28.7. The summed E-state index contributed by atoms with van der Waals surface area (Å²) >= 11 is 0. The van der Waals surface area contributed by atoms with E-state index in [2.05, 4.69) is 29.2 Å². The summed E-state index contributed by atoms with van der Waals surface area (Å²) in [6, 6.07) is 7.95. The van der Waals surface area contributed by atoms with Gasteiger partial charge in [-0.25, -0.2) is 0 Å². The maximum atomic E-state index is 13.1. The van der Waals surface area contributed by atoms with Gasteiger partial charge in [-0.15, -0.1) is 0 Å². The highest BCUT2D eigenvalue weighted by atomic mass is 16.6. The van der Waals surface area contributed by atoms with Gasteiger partial charge in [-0.1, -0.05) is 43.7 Å². The number of esters is 1. The van der Waals surface area contributed by atoms with E-state index in [0.29, 0.717) is 6.42 Å². The molecule has 0 aliphatic carbocycles. The van der Waals surface area contributed by atoms with Crippen LogP contribution in [0.5, 0.6) is 0 Å². The van der Waals surface area contributed by atoms with Gasteiger partial charge in [0, 0.05) is 7.05 Å². The van der Waals surface area contributed by atoms with Crippen molar-refractivity contribution >= 4 is 11.9 Å². The third-order valence-electron chi connectivity index (χ3n) is 4.25. The molecule has 1 aromatic rings. The Hall–Kier alpha value is -1.88. The largest absolute Gasteiger partial charge is 0.459 e. The van der Waals surface area contributed by atoms with E-state index in [-0.39, 0.29) is 24.5 Å². The number of rotatable bonds is 8. The zero-order valence-electron chi connectivity index (χ0n) is 17.3. The average Bonchev–Trinajstić information content (AvgIpc) is 2.54. The number of ether oxygens (including phenoxy) is 1. The smallest absolute Gasteiger partial charge is 0.326 e. The molecule has 0 radical (unpaired) electrons. The maximum Gasteiger partial charge on any atom is 0.326 e. The first kappa shape index (κ1) is 22.2. The van der Waals surface area contributed by atoms with Crippen molar-refractivity contribution in [2.75, 3.05) is 26.7 Å². The lowest BCUT2D eigenvalue weighted by atomic mass is 10.0. The molecule has 1 aromatic carbocycles. The van der Waals surface area contributed by atoms with E-state index in [4.69, 9.17) is 4.74 Å². The van der Waals surface area contributed by atoms with Crippen LogP contribution in [-0.2, 0) is 20.7 Å². The number of aryl methyl sites for hydroxylation is 1. The predicted octanol–water partition coefficient (Wildman–Crippen LogP) is 3.05. The van der Waals surface area contributed by atoms with Gasteiger partial charge in [0.15, 0.2) is 0 Å². The van der Waals surface area contributed by atoms with Gasteiger partial charge in [0.25, 0.3) is 0 Å². The summed E-state index contributed by atoms with van der Waals surface area (Å²) in [5, 5.41) is 0. The van der Waals surface area contributed by atoms with E-state index in [1.165, 1.54) is 10.5 Å². The molecule has 26 heavy (non-hydrogen) atoms. The van der Waals surface area contributed by atoms with Gasteiger partial charge in [0.05, 0.1) is 6.04 Å². The standard InChI is InChI=1S/C21H34N2O3/c1-8-23(9-2)18(14-17-12-10-16(3)11-13-17)20(25)22(7)15-19(24)26-21(4,5)6/h10-13,18H,8-9,14-15H2,1-7H3/t18-/m0/s1. The molecule has 1 amide bonds. The molecule has 146 valence electrons. The van der Waals surface area contributed by atoms with Gasteiger partial charge in [0.1, 0.15) is 12.1 Å². The van der Waals surface area contributed by atoms with Crippen molar-refractivity contribution in [2.24, 2.45) is 0 Å². The van der Waals surface area contributed by atoms with Crippen LogP contribution in [-0.4, -0.2) is 60.0 Å². The molecule has 0 unspecified atom stereocenters. The molecule has 1 atom stereocenters. The first-order valence-electron chi connectivity index (χ1n) is 9.33. The molecular weight excluding hydrogens is 328 g/mol.